The number of carboxylic acid groups (broad SMARTS) is 1. The van der Waals surface area contributed by atoms with E-state index in [1.807, 2.05) is 0 Å². The molecule has 1 amide bonds. The van der Waals surface area contributed by atoms with Crippen LogP contribution < -0.4 is 5.32 Å². The lowest BCUT2D eigenvalue weighted by molar-refractivity contribution is -0.140. The van der Waals surface area contributed by atoms with Gasteiger partial charge in [0.1, 0.15) is 0 Å². The van der Waals surface area contributed by atoms with Gasteiger partial charge < -0.3 is 15.2 Å². The predicted octanol–water partition coefficient (Wildman–Crippen LogP) is 2.17. The quantitative estimate of drug-likeness (QED) is 0.890. The van der Waals surface area contributed by atoms with Crippen LogP contribution in [0.4, 0.5) is 5.69 Å². The van der Waals surface area contributed by atoms with Crippen LogP contribution in [0.15, 0.2) is 24.3 Å². The van der Waals surface area contributed by atoms with E-state index in [0.29, 0.717) is 26.1 Å². The zero-order chi connectivity index (χ0) is 14.9. The summed E-state index contributed by atoms with van der Waals surface area (Å²) in [7, 11) is 0. The smallest absolute Gasteiger partial charge is 0.314 e. The van der Waals surface area contributed by atoms with E-state index >= 15 is 0 Å². The van der Waals surface area contributed by atoms with Crippen LogP contribution in [0.3, 0.4) is 0 Å². The Kier molecular flexibility index (Phi) is 3.68. The SMILES string of the molecule is O=C(Nc1ccc(C2(C(=O)O)CC2)cc1)C1CCOCC1. The minimum atomic E-state index is -0.763. The molecular weight excluding hydrogens is 270 g/mol. The third-order valence-electron chi connectivity index (χ3n) is 4.46. The highest BCUT2D eigenvalue weighted by molar-refractivity contribution is 5.92. The van der Waals surface area contributed by atoms with Gasteiger partial charge in [-0.3, -0.25) is 9.59 Å². The Hall–Kier alpha value is -1.88. The highest BCUT2D eigenvalue weighted by Crippen LogP contribution is 2.48. The third-order valence-corrected chi connectivity index (χ3v) is 4.46. The molecule has 1 aliphatic heterocycles. The summed E-state index contributed by atoms with van der Waals surface area (Å²) in [5.74, 6) is -0.737. The van der Waals surface area contributed by atoms with E-state index in [4.69, 9.17) is 4.74 Å². The summed E-state index contributed by atoms with van der Waals surface area (Å²) < 4.78 is 5.25. The fourth-order valence-electron chi connectivity index (χ4n) is 2.83. The summed E-state index contributed by atoms with van der Waals surface area (Å²) in [4.78, 5) is 23.4. The van der Waals surface area contributed by atoms with Crippen LogP contribution in [-0.4, -0.2) is 30.2 Å². The lowest BCUT2D eigenvalue weighted by atomic mass is 9.96. The summed E-state index contributed by atoms with van der Waals surface area (Å²) in [6.07, 6.45) is 2.89. The molecular formula is C16H19NO4. The van der Waals surface area contributed by atoms with Gasteiger partial charge in [-0.25, -0.2) is 0 Å². The molecule has 1 aliphatic carbocycles. The number of anilines is 1. The van der Waals surface area contributed by atoms with Crippen molar-refractivity contribution in [2.75, 3.05) is 18.5 Å². The molecule has 2 N–H and O–H groups in total. The van der Waals surface area contributed by atoms with Crippen LogP contribution in [0.5, 0.6) is 0 Å². The van der Waals surface area contributed by atoms with E-state index in [1.165, 1.54) is 0 Å². The molecule has 1 saturated heterocycles. The number of aliphatic carboxylic acids is 1. The van der Waals surface area contributed by atoms with Gasteiger partial charge in [-0.2, -0.15) is 0 Å². The molecule has 21 heavy (non-hydrogen) atoms. The molecule has 2 fully saturated rings. The predicted molar refractivity (Wildman–Crippen MR) is 77.2 cm³/mol. The van der Waals surface area contributed by atoms with Crippen molar-refractivity contribution in [3.05, 3.63) is 29.8 Å². The summed E-state index contributed by atoms with van der Waals surface area (Å²) in [5, 5.41) is 12.2. The van der Waals surface area contributed by atoms with E-state index in [2.05, 4.69) is 5.32 Å². The Balaban J connectivity index is 1.65. The molecule has 5 heteroatoms. The maximum Gasteiger partial charge on any atom is 0.314 e. The van der Waals surface area contributed by atoms with Gasteiger partial charge in [0.15, 0.2) is 0 Å². The fraction of sp³-hybridized carbons (Fsp3) is 0.500. The first-order valence-electron chi connectivity index (χ1n) is 7.34. The van der Waals surface area contributed by atoms with Crippen LogP contribution in [0.2, 0.25) is 0 Å². The Morgan fingerprint density at radius 1 is 1.14 bits per heavy atom. The van der Waals surface area contributed by atoms with Gasteiger partial charge in [-0.15, -0.1) is 0 Å². The number of hydrogen-bond donors (Lipinski definition) is 2. The molecule has 1 aromatic carbocycles. The summed E-state index contributed by atoms with van der Waals surface area (Å²) in [5.41, 5.74) is 0.846. The average molecular weight is 289 g/mol. The molecule has 0 atom stereocenters. The standard InChI is InChI=1S/C16H19NO4/c18-14(11-5-9-21-10-6-11)17-13-3-1-12(2-4-13)16(7-8-16)15(19)20/h1-4,11H,5-10H2,(H,17,18)(H,19,20). The maximum atomic E-state index is 12.1. The van der Waals surface area contributed by atoms with Crippen molar-refractivity contribution in [2.45, 2.75) is 31.1 Å². The number of hydrogen-bond acceptors (Lipinski definition) is 3. The Morgan fingerprint density at radius 2 is 1.76 bits per heavy atom. The van der Waals surface area contributed by atoms with Crippen LogP contribution in [-0.2, 0) is 19.7 Å². The van der Waals surface area contributed by atoms with E-state index in [9.17, 15) is 14.7 Å². The van der Waals surface area contributed by atoms with E-state index < -0.39 is 11.4 Å². The number of ether oxygens (including phenoxy) is 1. The first kappa shape index (κ1) is 14.1. The molecule has 5 nitrogen and oxygen atoms in total. The van der Waals surface area contributed by atoms with Gasteiger partial charge in [-0.05, 0) is 43.4 Å². The average Bonchev–Trinajstić information content (AvgIpc) is 3.31. The van der Waals surface area contributed by atoms with Crippen molar-refractivity contribution >= 4 is 17.6 Å². The number of nitrogens with one attached hydrogen (secondary N) is 1. The summed E-state index contributed by atoms with van der Waals surface area (Å²) in [6.45, 7) is 1.27. The second kappa shape index (κ2) is 5.48. The minimum absolute atomic E-state index is 0.00669. The summed E-state index contributed by atoms with van der Waals surface area (Å²) in [6, 6.07) is 7.19. The number of amides is 1. The highest BCUT2D eigenvalue weighted by Gasteiger charge is 2.51. The molecule has 0 unspecified atom stereocenters. The fourth-order valence-corrected chi connectivity index (χ4v) is 2.83. The van der Waals surface area contributed by atoms with Crippen molar-refractivity contribution in [1.82, 2.24) is 0 Å². The van der Waals surface area contributed by atoms with Gasteiger partial charge in [0.25, 0.3) is 0 Å². The number of carbonyl (C=O) groups is 2. The van der Waals surface area contributed by atoms with E-state index in [0.717, 1.165) is 24.1 Å². The van der Waals surface area contributed by atoms with Crippen molar-refractivity contribution in [3.63, 3.8) is 0 Å². The lowest BCUT2D eigenvalue weighted by Gasteiger charge is -2.21. The zero-order valence-electron chi connectivity index (χ0n) is 11.8. The monoisotopic (exact) mass is 289 g/mol. The minimum Gasteiger partial charge on any atom is -0.481 e. The highest BCUT2D eigenvalue weighted by atomic mass is 16.5. The van der Waals surface area contributed by atoms with Crippen LogP contribution in [0.1, 0.15) is 31.2 Å². The topological polar surface area (TPSA) is 75.6 Å². The van der Waals surface area contributed by atoms with Gasteiger partial charge in [0.2, 0.25) is 5.91 Å². The molecule has 0 bridgehead atoms. The van der Waals surface area contributed by atoms with E-state index in [-0.39, 0.29) is 11.8 Å². The third kappa shape index (κ3) is 2.78. The molecule has 0 spiro atoms. The zero-order valence-corrected chi connectivity index (χ0v) is 11.8. The van der Waals surface area contributed by atoms with Crippen molar-refractivity contribution in [2.24, 2.45) is 5.92 Å². The number of benzene rings is 1. The normalized spacial score (nSPS) is 20.8. The second-order valence-corrected chi connectivity index (χ2v) is 5.84. The van der Waals surface area contributed by atoms with Gasteiger partial charge in [0.05, 0.1) is 5.41 Å². The van der Waals surface area contributed by atoms with Gasteiger partial charge in [0, 0.05) is 24.8 Å². The summed E-state index contributed by atoms with van der Waals surface area (Å²) >= 11 is 0. The van der Waals surface area contributed by atoms with Gasteiger partial charge in [-0.1, -0.05) is 12.1 Å². The lowest BCUT2D eigenvalue weighted by Crippen LogP contribution is -2.28. The first-order chi connectivity index (χ1) is 10.1. The van der Waals surface area contributed by atoms with Crippen LogP contribution in [0, 0.1) is 5.92 Å². The Labute approximate surface area is 123 Å². The molecule has 3 rings (SSSR count). The molecule has 112 valence electrons. The molecule has 1 aromatic rings. The van der Waals surface area contributed by atoms with Gasteiger partial charge >= 0.3 is 5.97 Å². The van der Waals surface area contributed by atoms with Crippen LogP contribution in [0.25, 0.3) is 0 Å². The number of carbonyl (C=O) groups excluding carboxylic acids is 1. The largest absolute Gasteiger partial charge is 0.481 e. The van der Waals surface area contributed by atoms with Crippen molar-refractivity contribution < 1.29 is 19.4 Å². The molecule has 1 heterocycles. The van der Waals surface area contributed by atoms with Crippen molar-refractivity contribution in [1.29, 1.82) is 0 Å². The molecule has 2 aliphatic rings. The number of rotatable bonds is 4. The van der Waals surface area contributed by atoms with Crippen LogP contribution >= 0.6 is 0 Å². The Bertz CT molecular complexity index is 542. The van der Waals surface area contributed by atoms with Crippen molar-refractivity contribution in [3.8, 4) is 0 Å². The molecule has 0 radical (unpaired) electrons. The van der Waals surface area contributed by atoms with E-state index in [1.54, 1.807) is 24.3 Å². The maximum absolute atomic E-state index is 12.1. The number of carboxylic acids is 1. The molecule has 1 saturated carbocycles. The first-order valence-corrected chi connectivity index (χ1v) is 7.34. The second-order valence-electron chi connectivity index (χ2n) is 5.84. The molecule has 0 aromatic heterocycles. The Morgan fingerprint density at radius 3 is 2.29 bits per heavy atom.